The van der Waals surface area contributed by atoms with Crippen molar-refractivity contribution < 1.29 is 14.8 Å². The van der Waals surface area contributed by atoms with Gasteiger partial charge in [-0.1, -0.05) is 46.3 Å². The molecule has 6 heteroatoms. The smallest absolute Gasteiger partial charge is 0.211 e. The molecule has 3 atom stereocenters. The molecule has 1 aliphatic rings. The fraction of sp³-hybridized carbons (Fsp3) is 0.294. The van der Waals surface area contributed by atoms with Crippen molar-refractivity contribution in [2.75, 3.05) is 6.54 Å². The van der Waals surface area contributed by atoms with Crippen LogP contribution in [0, 0.1) is 16.0 Å². The molecule has 2 aromatic rings. The number of fused-ring (bicyclic) bond motifs is 1. The van der Waals surface area contributed by atoms with Gasteiger partial charge < -0.3 is 9.84 Å². The number of nitrogens with zero attached hydrogens (tertiary/aromatic N) is 1. The summed E-state index contributed by atoms with van der Waals surface area (Å²) in [5, 5.41) is 21.5. The summed E-state index contributed by atoms with van der Waals surface area (Å²) in [4.78, 5) is 10.8. The molecule has 0 aliphatic carbocycles. The maximum absolute atomic E-state index is 11.1. The molecule has 0 saturated carbocycles. The van der Waals surface area contributed by atoms with E-state index in [1.807, 2.05) is 42.5 Å². The molecule has 0 aromatic heterocycles. The van der Waals surface area contributed by atoms with Crippen LogP contribution in [-0.2, 0) is 6.42 Å². The van der Waals surface area contributed by atoms with Crippen molar-refractivity contribution >= 4 is 15.9 Å². The third-order valence-electron chi connectivity index (χ3n) is 4.20. The normalized spacial score (nSPS) is 21.1. The van der Waals surface area contributed by atoms with Crippen LogP contribution in [0.5, 0.6) is 5.75 Å². The van der Waals surface area contributed by atoms with Crippen LogP contribution in [0.3, 0.4) is 0 Å². The maximum atomic E-state index is 11.1. The summed E-state index contributed by atoms with van der Waals surface area (Å²) in [6, 6.07) is 14.9. The maximum Gasteiger partial charge on any atom is 0.211 e. The Bertz CT molecular complexity index is 704. The number of ether oxygens (including phenoxy) is 1. The lowest BCUT2D eigenvalue weighted by Crippen LogP contribution is -2.38. The molecular weight excluding hydrogens is 362 g/mol. The summed E-state index contributed by atoms with van der Waals surface area (Å²) < 4.78 is 6.49. The Labute approximate surface area is 142 Å². The number of para-hydroxylation sites is 1. The zero-order valence-electron chi connectivity index (χ0n) is 12.3. The minimum Gasteiger partial charge on any atom is -0.465 e. The van der Waals surface area contributed by atoms with Gasteiger partial charge in [0, 0.05) is 15.3 Å². The third kappa shape index (κ3) is 3.54. The van der Waals surface area contributed by atoms with Gasteiger partial charge in [-0.2, -0.15) is 0 Å². The predicted molar refractivity (Wildman–Crippen MR) is 89.0 cm³/mol. The van der Waals surface area contributed by atoms with Crippen LogP contribution in [0.4, 0.5) is 0 Å². The van der Waals surface area contributed by atoms with E-state index in [4.69, 9.17) is 4.74 Å². The van der Waals surface area contributed by atoms with Gasteiger partial charge >= 0.3 is 0 Å². The summed E-state index contributed by atoms with van der Waals surface area (Å²) in [6.45, 7) is -0.241. The highest BCUT2D eigenvalue weighted by Crippen LogP contribution is 2.38. The van der Waals surface area contributed by atoms with Crippen LogP contribution in [0.2, 0.25) is 0 Å². The molecule has 2 aromatic carbocycles. The largest absolute Gasteiger partial charge is 0.465 e. The second kappa shape index (κ2) is 6.68. The summed E-state index contributed by atoms with van der Waals surface area (Å²) in [5.74, 6) is -0.134. The number of benzene rings is 2. The molecule has 0 saturated heterocycles. The van der Waals surface area contributed by atoms with Crippen LogP contribution < -0.4 is 4.74 Å². The van der Waals surface area contributed by atoms with Crippen molar-refractivity contribution in [3.63, 3.8) is 0 Å². The standard InChI is InChI=1S/C17H16BrNO4/c18-13-7-5-11(6-8-13)15(10-19(21)22)14-9-12-3-1-2-4-16(12)23-17(14)20/h1-8,14-15,17,20H,9-10H2/t14-,15-,17?/m1/s1. The van der Waals surface area contributed by atoms with E-state index in [-0.39, 0.29) is 17.4 Å². The second-order valence-corrected chi connectivity index (χ2v) is 6.57. The summed E-state index contributed by atoms with van der Waals surface area (Å²) >= 11 is 3.37. The predicted octanol–water partition coefficient (Wildman–Crippen LogP) is 3.38. The van der Waals surface area contributed by atoms with Gasteiger partial charge in [-0.05, 0) is 35.7 Å². The first kappa shape index (κ1) is 16.0. The zero-order chi connectivity index (χ0) is 16.4. The lowest BCUT2D eigenvalue weighted by molar-refractivity contribution is -0.486. The molecule has 0 bridgehead atoms. The number of aliphatic hydroxyl groups excluding tert-OH is 1. The molecule has 0 radical (unpaired) electrons. The molecule has 1 N–H and O–H groups in total. The molecule has 23 heavy (non-hydrogen) atoms. The molecule has 0 fully saturated rings. The first-order chi connectivity index (χ1) is 11.0. The highest BCUT2D eigenvalue weighted by molar-refractivity contribution is 9.10. The van der Waals surface area contributed by atoms with Gasteiger partial charge in [0.05, 0.1) is 5.92 Å². The highest BCUT2D eigenvalue weighted by atomic mass is 79.9. The quantitative estimate of drug-likeness (QED) is 0.654. The summed E-state index contributed by atoms with van der Waals surface area (Å²) in [7, 11) is 0. The molecule has 120 valence electrons. The van der Waals surface area contributed by atoms with Crippen molar-refractivity contribution in [3.8, 4) is 5.75 Å². The van der Waals surface area contributed by atoms with Gasteiger partial charge in [-0.25, -0.2) is 0 Å². The molecule has 5 nitrogen and oxygen atoms in total. The fourth-order valence-electron chi connectivity index (χ4n) is 3.06. The van der Waals surface area contributed by atoms with E-state index < -0.39 is 12.2 Å². The van der Waals surface area contributed by atoms with Crippen molar-refractivity contribution in [3.05, 3.63) is 74.2 Å². The van der Waals surface area contributed by atoms with Crippen LogP contribution >= 0.6 is 15.9 Å². The second-order valence-electron chi connectivity index (χ2n) is 5.66. The van der Waals surface area contributed by atoms with E-state index in [1.54, 1.807) is 6.07 Å². The number of hydrogen-bond acceptors (Lipinski definition) is 4. The average Bonchev–Trinajstić information content (AvgIpc) is 2.53. The Morgan fingerprint density at radius 3 is 2.65 bits per heavy atom. The van der Waals surface area contributed by atoms with Crippen molar-refractivity contribution in [1.29, 1.82) is 0 Å². The number of halogens is 1. The first-order valence-electron chi connectivity index (χ1n) is 7.34. The van der Waals surface area contributed by atoms with E-state index in [9.17, 15) is 15.2 Å². The van der Waals surface area contributed by atoms with Gasteiger partial charge in [0.1, 0.15) is 5.75 Å². The Hall–Kier alpha value is -1.92. The summed E-state index contributed by atoms with van der Waals surface area (Å²) in [6.07, 6.45) is -0.509. The van der Waals surface area contributed by atoms with Crippen LogP contribution in [-0.4, -0.2) is 22.9 Å². The molecule has 1 heterocycles. The van der Waals surface area contributed by atoms with E-state index in [0.717, 1.165) is 15.6 Å². The van der Waals surface area contributed by atoms with Crippen molar-refractivity contribution in [2.45, 2.75) is 18.6 Å². The number of nitro groups is 1. The minimum absolute atomic E-state index is 0.241. The first-order valence-corrected chi connectivity index (χ1v) is 8.14. The Morgan fingerprint density at radius 2 is 1.96 bits per heavy atom. The third-order valence-corrected chi connectivity index (χ3v) is 4.73. The molecule has 0 amide bonds. The highest BCUT2D eigenvalue weighted by Gasteiger charge is 2.38. The topological polar surface area (TPSA) is 72.6 Å². The fourth-order valence-corrected chi connectivity index (χ4v) is 3.32. The molecule has 0 spiro atoms. The van der Waals surface area contributed by atoms with E-state index in [0.29, 0.717) is 12.2 Å². The molecular formula is C17H16BrNO4. The van der Waals surface area contributed by atoms with Gasteiger partial charge in [0.15, 0.2) is 0 Å². The monoisotopic (exact) mass is 377 g/mol. The van der Waals surface area contributed by atoms with Crippen molar-refractivity contribution in [1.82, 2.24) is 0 Å². The molecule has 1 unspecified atom stereocenters. The van der Waals surface area contributed by atoms with Gasteiger partial charge in [-0.15, -0.1) is 0 Å². The lowest BCUT2D eigenvalue weighted by Gasteiger charge is -2.34. The van der Waals surface area contributed by atoms with Crippen LogP contribution in [0.15, 0.2) is 53.0 Å². The van der Waals surface area contributed by atoms with Crippen molar-refractivity contribution in [2.24, 2.45) is 5.92 Å². The number of rotatable bonds is 4. The Balaban J connectivity index is 1.93. The average molecular weight is 378 g/mol. The van der Waals surface area contributed by atoms with Crippen LogP contribution in [0.1, 0.15) is 17.0 Å². The van der Waals surface area contributed by atoms with E-state index in [2.05, 4.69) is 15.9 Å². The molecule has 3 rings (SSSR count). The van der Waals surface area contributed by atoms with E-state index >= 15 is 0 Å². The van der Waals surface area contributed by atoms with Gasteiger partial charge in [-0.3, -0.25) is 10.1 Å². The summed E-state index contributed by atoms with van der Waals surface area (Å²) in [5.41, 5.74) is 1.80. The SMILES string of the molecule is O=[N+]([O-])C[C@H](c1ccc(Br)cc1)[C@H]1Cc2ccccc2OC1O. The number of aliphatic hydroxyl groups is 1. The van der Waals surface area contributed by atoms with Crippen LogP contribution in [0.25, 0.3) is 0 Å². The minimum atomic E-state index is -1.06. The van der Waals surface area contributed by atoms with Gasteiger partial charge in [0.2, 0.25) is 12.8 Å². The number of hydrogen-bond donors (Lipinski definition) is 1. The molecule has 1 aliphatic heterocycles. The lowest BCUT2D eigenvalue weighted by atomic mass is 9.80. The zero-order valence-corrected chi connectivity index (χ0v) is 13.8. The Morgan fingerprint density at radius 1 is 1.26 bits per heavy atom. The van der Waals surface area contributed by atoms with Gasteiger partial charge in [0.25, 0.3) is 0 Å². The van der Waals surface area contributed by atoms with E-state index in [1.165, 1.54) is 0 Å². The Kier molecular flexibility index (Phi) is 4.63.